The van der Waals surface area contributed by atoms with Crippen LogP contribution in [0.5, 0.6) is 5.75 Å². The van der Waals surface area contributed by atoms with Crippen molar-refractivity contribution in [3.05, 3.63) is 78.5 Å². The van der Waals surface area contributed by atoms with E-state index in [1.54, 1.807) is 35.0 Å². The quantitative estimate of drug-likeness (QED) is 0.517. The van der Waals surface area contributed by atoms with Gasteiger partial charge in [-0.3, -0.25) is 0 Å². The number of hydrogen-bond acceptors (Lipinski definition) is 5. The SMILES string of the molecule is Oc1ccc(C(O)CNc2cc(-c3ccccc3)nc3ccnn23)cc1. The standard InChI is InChI=1S/C20H18N4O2/c25-16-8-6-15(7-9-16)18(26)13-21-20-12-17(14-4-2-1-3-5-14)23-19-10-11-22-24(19)20/h1-12,18,21,25-26H,13H2. The highest BCUT2D eigenvalue weighted by molar-refractivity contribution is 5.66. The molecule has 0 amide bonds. The molecule has 3 N–H and O–H groups in total. The minimum Gasteiger partial charge on any atom is -0.508 e. The van der Waals surface area contributed by atoms with Crippen LogP contribution in [0.2, 0.25) is 0 Å². The van der Waals surface area contributed by atoms with Gasteiger partial charge in [-0.25, -0.2) is 4.98 Å². The highest BCUT2D eigenvalue weighted by Crippen LogP contribution is 2.23. The lowest BCUT2D eigenvalue weighted by Crippen LogP contribution is -2.14. The first-order valence-corrected chi connectivity index (χ1v) is 8.32. The zero-order valence-electron chi connectivity index (χ0n) is 13.9. The Morgan fingerprint density at radius 3 is 2.54 bits per heavy atom. The van der Waals surface area contributed by atoms with Crippen LogP contribution in [0.4, 0.5) is 5.82 Å². The number of aromatic nitrogens is 3. The van der Waals surface area contributed by atoms with Crippen molar-refractivity contribution in [2.24, 2.45) is 0 Å². The van der Waals surface area contributed by atoms with Crippen LogP contribution in [0.15, 0.2) is 72.9 Å². The molecule has 0 bridgehead atoms. The molecule has 2 aromatic heterocycles. The van der Waals surface area contributed by atoms with Crippen molar-refractivity contribution in [3.63, 3.8) is 0 Å². The number of aliphatic hydroxyl groups is 1. The van der Waals surface area contributed by atoms with Crippen LogP contribution in [0, 0.1) is 0 Å². The normalized spacial score (nSPS) is 12.2. The third-order valence-electron chi connectivity index (χ3n) is 4.18. The molecule has 130 valence electrons. The van der Waals surface area contributed by atoms with Crippen molar-refractivity contribution in [1.82, 2.24) is 14.6 Å². The molecule has 4 rings (SSSR count). The second-order valence-electron chi connectivity index (χ2n) is 5.98. The maximum Gasteiger partial charge on any atom is 0.157 e. The molecule has 2 heterocycles. The van der Waals surface area contributed by atoms with Crippen molar-refractivity contribution in [2.75, 3.05) is 11.9 Å². The number of phenols is 1. The molecule has 2 aromatic carbocycles. The molecule has 0 aliphatic heterocycles. The van der Waals surface area contributed by atoms with Crippen LogP contribution in [0.1, 0.15) is 11.7 Å². The van der Waals surface area contributed by atoms with Crippen LogP contribution >= 0.6 is 0 Å². The van der Waals surface area contributed by atoms with Gasteiger partial charge in [-0.1, -0.05) is 42.5 Å². The number of anilines is 1. The lowest BCUT2D eigenvalue weighted by atomic mass is 10.1. The Balaban J connectivity index is 1.61. The molecule has 0 aliphatic rings. The van der Waals surface area contributed by atoms with Crippen LogP contribution in [-0.4, -0.2) is 31.4 Å². The molecule has 0 saturated carbocycles. The second kappa shape index (κ2) is 6.85. The summed E-state index contributed by atoms with van der Waals surface area (Å²) in [7, 11) is 0. The first-order valence-electron chi connectivity index (χ1n) is 8.32. The molecule has 0 spiro atoms. The number of benzene rings is 2. The maximum absolute atomic E-state index is 10.4. The highest BCUT2D eigenvalue weighted by atomic mass is 16.3. The number of hydrogen-bond donors (Lipinski definition) is 3. The van der Waals surface area contributed by atoms with E-state index in [0.717, 1.165) is 28.3 Å². The Bertz CT molecular complexity index is 1010. The van der Waals surface area contributed by atoms with Gasteiger partial charge < -0.3 is 15.5 Å². The largest absolute Gasteiger partial charge is 0.508 e. The van der Waals surface area contributed by atoms with Crippen molar-refractivity contribution < 1.29 is 10.2 Å². The zero-order chi connectivity index (χ0) is 17.9. The molecule has 26 heavy (non-hydrogen) atoms. The van der Waals surface area contributed by atoms with E-state index in [2.05, 4.69) is 15.4 Å². The number of phenolic OH excluding ortho intramolecular Hbond substituents is 1. The molecule has 0 radical (unpaired) electrons. The third kappa shape index (κ3) is 3.22. The first-order chi connectivity index (χ1) is 12.7. The van der Waals surface area contributed by atoms with E-state index >= 15 is 0 Å². The van der Waals surface area contributed by atoms with E-state index in [1.807, 2.05) is 42.5 Å². The monoisotopic (exact) mass is 346 g/mol. The summed E-state index contributed by atoms with van der Waals surface area (Å²) in [5.41, 5.74) is 3.30. The summed E-state index contributed by atoms with van der Waals surface area (Å²) in [4.78, 5) is 4.63. The van der Waals surface area contributed by atoms with Gasteiger partial charge in [0.15, 0.2) is 5.65 Å². The average Bonchev–Trinajstić information content (AvgIpc) is 3.16. The molecule has 1 atom stereocenters. The van der Waals surface area contributed by atoms with Crippen molar-refractivity contribution >= 4 is 11.5 Å². The van der Waals surface area contributed by atoms with Gasteiger partial charge in [0.25, 0.3) is 0 Å². The van der Waals surface area contributed by atoms with Crippen molar-refractivity contribution in [1.29, 1.82) is 0 Å². The smallest absolute Gasteiger partial charge is 0.157 e. The number of fused-ring (bicyclic) bond motifs is 1. The lowest BCUT2D eigenvalue weighted by Gasteiger charge is -2.15. The summed E-state index contributed by atoms with van der Waals surface area (Å²) >= 11 is 0. The molecule has 0 saturated heterocycles. The molecule has 0 fully saturated rings. The van der Waals surface area contributed by atoms with Crippen LogP contribution < -0.4 is 5.32 Å². The van der Waals surface area contributed by atoms with Gasteiger partial charge in [0.05, 0.1) is 18.0 Å². The Hall–Kier alpha value is -3.38. The van der Waals surface area contributed by atoms with Gasteiger partial charge in [-0.05, 0) is 17.7 Å². The molecular formula is C20H18N4O2. The predicted octanol–water partition coefficient (Wildman–Crippen LogP) is 3.25. The van der Waals surface area contributed by atoms with Gasteiger partial charge in [-0.2, -0.15) is 9.61 Å². The summed E-state index contributed by atoms with van der Waals surface area (Å²) < 4.78 is 1.70. The Morgan fingerprint density at radius 1 is 1.00 bits per heavy atom. The summed E-state index contributed by atoms with van der Waals surface area (Å²) in [6.07, 6.45) is 0.980. The molecule has 6 nitrogen and oxygen atoms in total. The second-order valence-corrected chi connectivity index (χ2v) is 5.98. The van der Waals surface area contributed by atoms with E-state index < -0.39 is 6.10 Å². The number of aromatic hydroxyl groups is 1. The van der Waals surface area contributed by atoms with E-state index in [-0.39, 0.29) is 5.75 Å². The van der Waals surface area contributed by atoms with Gasteiger partial charge in [0.1, 0.15) is 11.6 Å². The van der Waals surface area contributed by atoms with Gasteiger partial charge in [0, 0.05) is 24.2 Å². The number of rotatable bonds is 5. The molecule has 1 unspecified atom stereocenters. The predicted molar refractivity (Wildman–Crippen MR) is 100.0 cm³/mol. The topological polar surface area (TPSA) is 82.7 Å². The van der Waals surface area contributed by atoms with Crippen LogP contribution in [0.3, 0.4) is 0 Å². The highest BCUT2D eigenvalue weighted by Gasteiger charge is 2.11. The fourth-order valence-electron chi connectivity index (χ4n) is 2.81. The lowest BCUT2D eigenvalue weighted by molar-refractivity contribution is 0.191. The minimum absolute atomic E-state index is 0.175. The van der Waals surface area contributed by atoms with Crippen LogP contribution in [0.25, 0.3) is 16.9 Å². The third-order valence-corrected chi connectivity index (χ3v) is 4.18. The molecule has 0 aliphatic carbocycles. The number of nitrogens with zero attached hydrogens (tertiary/aromatic N) is 3. The van der Waals surface area contributed by atoms with Crippen molar-refractivity contribution in [2.45, 2.75) is 6.10 Å². The van der Waals surface area contributed by atoms with Crippen LogP contribution in [-0.2, 0) is 0 Å². The van der Waals surface area contributed by atoms with E-state index in [9.17, 15) is 10.2 Å². The van der Waals surface area contributed by atoms with E-state index in [1.165, 1.54) is 0 Å². The van der Waals surface area contributed by atoms with Gasteiger partial charge in [0.2, 0.25) is 0 Å². The van der Waals surface area contributed by atoms with E-state index in [4.69, 9.17) is 0 Å². The fraction of sp³-hybridized carbons (Fsp3) is 0.100. The molecular weight excluding hydrogens is 328 g/mol. The van der Waals surface area contributed by atoms with Gasteiger partial charge >= 0.3 is 0 Å². The maximum atomic E-state index is 10.4. The van der Waals surface area contributed by atoms with Crippen molar-refractivity contribution in [3.8, 4) is 17.0 Å². The Morgan fingerprint density at radius 2 is 1.77 bits per heavy atom. The number of nitrogens with one attached hydrogen (secondary N) is 1. The summed E-state index contributed by atoms with van der Waals surface area (Å²) in [5.74, 6) is 0.922. The Kier molecular flexibility index (Phi) is 4.25. The Labute approximate surface area is 150 Å². The summed E-state index contributed by atoms with van der Waals surface area (Å²) in [6.45, 7) is 0.304. The average molecular weight is 346 g/mol. The summed E-state index contributed by atoms with van der Waals surface area (Å²) in [5, 5.41) is 27.3. The number of aliphatic hydroxyl groups excluding tert-OH is 1. The zero-order valence-corrected chi connectivity index (χ0v) is 13.9. The molecule has 6 heteroatoms. The first kappa shape index (κ1) is 16.1. The molecule has 4 aromatic rings. The fourth-order valence-corrected chi connectivity index (χ4v) is 2.81. The van der Waals surface area contributed by atoms with E-state index in [0.29, 0.717) is 6.54 Å². The summed E-state index contributed by atoms with van der Waals surface area (Å²) in [6, 6.07) is 20.2. The van der Waals surface area contributed by atoms with Gasteiger partial charge in [-0.15, -0.1) is 0 Å². The minimum atomic E-state index is -0.713.